The van der Waals surface area contributed by atoms with Gasteiger partial charge in [0.05, 0.1) is 6.10 Å². The van der Waals surface area contributed by atoms with Crippen LogP contribution in [-0.4, -0.2) is 51.8 Å². The topological polar surface area (TPSA) is 89.9 Å². The van der Waals surface area contributed by atoms with Gasteiger partial charge in [-0.1, -0.05) is 20.3 Å². The first-order chi connectivity index (χ1) is 9.43. The minimum atomic E-state index is -1.05. The van der Waals surface area contributed by atoms with E-state index in [1.165, 1.54) is 4.90 Å². The van der Waals surface area contributed by atoms with Gasteiger partial charge in [0.15, 0.2) is 0 Å². The first-order valence-electron chi connectivity index (χ1n) is 7.42. The number of aliphatic hydroxyl groups excluding tert-OH is 1. The van der Waals surface area contributed by atoms with Crippen LogP contribution >= 0.6 is 0 Å². The third-order valence-corrected chi connectivity index (χ3v) is 4.88. The average molecular weight is 284 g/mol. The van der Waals surface area contributed by atoms with E-state index in [0.717, 1.165) is 19.3 Å². The van der Waals surface area contributed by atoms with Gasteiger partial charge >= 0.3 is 12.0 Å². The number of nitrogens with one attached hydrogen (secondary N) is 1. The fourth-order valence-corrected chi connectivity index (χ4v) is 3.54. The van der Waals surface area contributed by atoms with Crippen LogP contribution in [0.2, 0.25) is 0 Å². The van der Waals surface area contributed by atoms with E-state index in [4.69, 9.17) is 5.11 Å². The molecular formula is C14H24N2O4. The maximum Gasteiger partial charge on any atom is 0.326 e. The number of β-amino-alcohol motifs (C(OH)–C–C–N with tert-alkyl or cyclic N) is 1. The van der Waals surface area contributed by atoms with Crippen molar-refractivity contribution in [2.24, 2.45) is 11.8 Å². The van der Waals surface area contributed by atoms with Crippen LogP contribution in [0.3, 0.4) is 0 Å². The van der Waals surface area contributed by atoms with Gasteiger partial charge in [-0.2, -0.15) is 0 Å². The summed E-state index contributed by atoms with van der Waals surface area (Å²) in [7, 11) is 0. The van der Waals surface area contributed by atoms with E-state index in [2.05, 4.69) is 19.2 Å². The van der Waals surface area contributed by atoms with Gasteiger partial charge < -0.3 is 20.4 Å². The molecule has 1 saturated heterocycles. The third kappa shape index (κ3) is 2.90. The molecule has 0 spiro atoms. The number of likely N-dealkylation sites (tertiary alicyclic amines) is 1. The smallest absolute Gasteiger partial charge is 0.326 e. The minimum absolute atomic E-state index is 0.0983. The summed E-state index contributed by atoms with van der Waals surface area (Å²) in [6.45, 7) is 4.39. The van der Waals surface area contributed by atoms with Crippen molar-refractivity contribution in [1.29, 1.82) is 0 Å². The Morgan fingerprint density at radius 3 is 2.60 bits per heavy atom. The van der Waals surface area contributed by atoms with E-state index in [0.29, 0.717) is 11.8 Å². The molecule has 0 aromatic rings. The fourth-order valence-electron chi connectivity index (χ4n) is 3.54. The third-order valence-electron chi connectivity index (χ3n) is 4.88. The number of hydrogen-bond donors (Lipinski definition) is 3. The Labute approximate surface area is 119 Å². The van der Waals surface area contributed by atoms with Crippen LogP contribution in [-0.2, 0) is 4.79 Å². The second kappa shape index (κ2) is 5.99. The molecule has 6 nitrogen and oxygen atoms in total. The van der Waals surface area contributed by atoms with Crippen molar-refractivity contribution in [1.82, 2.24) is 10.2 Å². The molecule has 0 aromatic carbocycles. The molecule has 4 unspecified atom stereocenters. The zero-order valence-corrected chi connectivity index (χ0v) is 12.1. The average Bonchev–Trinajstić information content (AvgIpc) is 2.94. The van der Waals surface area contributed by atoms with E-state index in [9.17, 15) is 14.7 Å². The Balaban J connectivity index is 1.96. The van der Waals surface area contributed by atoms with E-state index in [-0.39, 0.29) is 25.0 Å². The summed E-state index contributed by atoms with van der Waals surface area (Å²) in [5.74, 6) is -0.0119. The quantitative estimate of drug-likeness (QED) is 0.722. The summed E-state index contributed by atoms with van der Waals surface area (Å²) in [6.07, 6.45) is 2.52. The van der Waals surface area contributed by atoms with Crippen LogP contribution in [0.1, 0.15) is 39.5 Å². The normalized spacial score (nSPS) is 37.1. The number of carbonyl (C=O) groups is 2. The lowest BCUT2D eigenvalue weighted by Gasteiger charge is -2.26. The van der Waals surface area contributed by atoms with Crippen LogP contribution in [0.5, 0.6) is 0 Å². The van der Waals surface area contributed by atoms with Gasteiger partial charge in [0.1, 0.15) is 6.04 Å². The molecule has 1 aliphatic heterocycles. The molecule has 6 heteroatoms. The molecule has 20 heavy (non-hydrogen) atoms. The molecule has 1 saturated carbocycles. The second-order valence-electron chi connectivity index (χ2n) is 6.06. The number of hydrogen-bond acceptors (Lipinski definition) is 3. The van der Waals surface area contributed by atoms with Gasteiger partial charge in [-0.15, -0.1) is 0 Å². The van der Waals surface area contributed by atoms with Crippen molar-refractivity contribution in [2.45, 2.75) is 57.7 Å². The largest absolute Gasteiger partial charge is 0.480 e. The van der Waals surface area contributed by atoms with Crippen LogP contribution in [0, 0.1) is 11.8 Å². The van der Waals surface area contributed by atoms with Gasteiger partial charge in [0.2, 0.25) is 0 Å². The summed E-state index contributed by atoms with van der Waals surface area (Å²) >= 11 is 0. The van der Waals surface area contributed by atoms with E-state index < -0.39 is 18.1 Å². The highest BCUT2D eigenvalue weighted by molar-refractivity contribution is 5.83. The van der Waals surface area contributed by atoms with Crippen molar-refractivity contribution in [3.8, 4) is 0 Å². The molecular weight excluding hydrogens is 260 g/mol. The lowest BCUT2D eigenvalue weighted by Crippen LogP contribution is -2.50. The maximum atomic E-state index is 12.2. The maximum absolute atomic E-state index is 12.2. The van der Waals surface area contributed by atoms with Gasteiger partial charge in [-0.25, -0.2) is 9.59 Å². The lowest BCUT2D eigenvalue weighted by atomic mass is 9.93. The molecule has 0 radical (unpaired) electrons. The highest BCUT2D eigenvalue weighted by Crippen LogP contribution is 2.34. The molecule has 5 atom stereocenters. The summed E-state index contributed by atoms with van der Waals surface area (Å²) in [5, 5.41) is 21.6. The summed E-state index contributed by atoms with van der Waals surface area (Å²) < 4.78 is 0. The Kier molecular flexibility index (Phi) is 4.52. The zero-order valence-electron chi connectivity index (χ0n) is 12.1. The highest BCUT2D eigenvalue weighted by atomic mass is 16.4. The molecule has 2 fully saturated rings. The van der Waals surface area contributed by atoms with Crippen molar-refractivity contribution >= 4 is 12.0 Å². The van der Waals surface area contributed by atoms with Crippen molar-refractivity contribution < 1.29 is 19.8 Å². The lowest BCUT2D eigenvalue weighted by molar-refractivity contribution is -0.141. The number of nitrogens with zero attached hydrogens (tertiary/aromatic N) is 1. The molecule has 2 amide bonds. The first kappa shape index (κ1) is 15.1. The van der Waals surface area contributed by atoms with Gasteiger partial charge in [-0.05, 0) is 24.7 Å². The molecule has 2 rings (SSSR count). The number of urea groups is 1. The molecule has 114 valence electrons. The van der Waals surface area contributed by atoms with Gasteiger partial charge in [0, 0.05) is 19.0 Å². The van der Waals surface area contributed by atoms with Crippen molar-refractivity contribution in [3.05, 3.63) is 0 Å². The van der Waals surface area contributed by atoms with Crippen molar-refractivity contribution in [3.63, 3.8) is 0 Å². The number of aliphatic hydroxyl groups is 1. The Morgan fingerprint density at radius 2 is 2.05 bits per heavy atom. The minimum Gasteiger partial charge on any atom is -0.480 e. The Bertz CT molecular complexity index is 387. The summed E-state index contributed by atoms with van der Waals surface area (Å²) in [6, 6.07) is -1.16. The van der Waals surface area contributed by atoms with E-state index in [1.54, 1.807) is 0 Å². The summed E-state index contributed by atoms with van der Waals surface area (Å²) in [5.41, 5.74) is 0. The van der Waals surface area contributed by atoms with Crippen LogP contribution in [0.25, 0.3) is 0 Å². The second-order valence-corrected chi connectivity index (χ2v) is 6.06. The molecule has 1 aliphatic carbocycles. The number of aliphatic carboxylic acids is 1. The van der Waals surface area contributed by atoms with Crippen LogP contribution in [0.15, 0.2) is 0 Å². The van der Waals surface area contributed by atoms with Crippen LogP contribution < -0.4 is 5.32 Å². The Hall–Kier alpha value is -1.30. The predicted octanol–water partition coefficient (Wildman–Crippen LogP) is 1.04. The van der Waals surface area contributed by atoms with E-state index in [1.807, 2.05) is 0 Å². The standard InChI is InChI=1S/C14H24N2O4/c1-3-9-4-5-11(8(9)2)15-14(20)16-7-10(17)6-12(16)13(18)19/h8-12,17H,3-7H2,1-2H3,(H,15,20)(H,18,19)/t8?,9?,10?,11?,12-/m0/s1. The molecule has 0 aromatic heterocycles. The number of carbonyl (C=O) groups excluding carboxylic acids is 1. The molecule has 1 heterocycles. The zero-order chi connectivity index (χ0) is 14.9. The number of rotatable bonds is 3. The highest BCUT2D eigenvalue weighted by Gasteiger charge is 2.41. The fraction of sp³-hybridized carbons (Fsp3) is 0.857. The van der Waals surface area contributed by atoms with Crippen LogP contribution in [0.4, 0.5) is 4.79 Å². The monoisotopic (exact) mass is 284 g/mol. The number of carboxylic acid groups (broad SMARTS) is 1. The van der Waals surface area contributed by atoms with Crippen molar-refractivity contribution in [2.75, 3.05) is 6.54 Å². The van der Waals surface area contributed by atoms with Gasteiger partial charge in [-0.3, -0.25) is 0 Å². The summed E-state index contributed by atoms with van der Waals surface area (Å²) in [4.78, 5) is 24.6. The molecule has 0 bridgehead atoms. The molecule has 3 N–H and O–H groups in total. The Morgan fingerprint density at radius 1 is 1.35 bits per heavy atom. The van der Waals surface area contributed by atoms with Gasteiger partial charge in [0.25, 0.3) is 0 Å². The number of amides is 2. The number of carboxylic acids is 1. The molecule has 2 aliphatic rings. The predicted molar refractivity (Wildman–Crippen MR) is 73.3 cm³/mol. The van der Waals surface area contributed by atoms with E-state index >= 15 is 0 Å². The SMILES string of the molecule is CCC1CCC(NC(=O)N2CC(O)C[C@H]2C(=O)O)C1C. The first-order valence-corrected chi connectivity index (χ1v) is 7.42.